The summed E-state index contributed by atoms with van der Waals surface area (Å²) in [4.78, 5) is 12.0. The quantitative estimate of drug-likeness (QED) is 0.570. The molecule has 0 amide bonds. The number of carbonyl (C=O) groups excluding carboxylic acids is 1. The summed E-state index contributed by atoms with van der Waals surface area (Å²) in [5.41, 5.74) is 0.914. The number of methoxy groups -OCH3 is 1. The molecule has 0 spiro atoms. The highest BCUT2D eigenvalue weighted by atomic mass is 127. The molecule has 0 aliphatic carbocycles. The minimum Gasteiger partial charge on any atom is -0.469 e. The van der Waals surface area contributed by atoms with Crippen molar-refractivity contribution in [2.24, 2.45) is 5.41 Å². The third-order valence-corrected chi connectivity index (χ3v) is 4.18. The molecule has 4 heteroatoms. The minimum atomic E-state index is -0.218. The lowest BCUT2D eigenvalue weighted by Crippen LogP contribution is -2.19. The van der Waals surface area contributed by atoms with Gasteiger partial charge >= 0.3 is 5.97 Å². The zero-order valence-electron chi connectivity index (χ0n) is 12.4. The average Bonchev–Trinajstić information content (AvgIpc) is 2.43. The van der Waals surface area contributed by atoms with Gasteiger partial charge in [0.15, 0.2) is 0 Å². The van der Waals surface area contributed by atoms with Crippen LogP contribution in [-0.4, -0.2) is 24.8 Å². The summed E-state index contributed by atoms with van der Waals surface area (Å²) in [6.07, 6.45) is 2.52. The second kappa shape index (κ2) is 7.98. The van der Waals surface area contributed by atoms with Crippen molar-refractivity contribution in [2.45, 2.75) is 39.0 Å². The second-order valence-corrected chi connectivity index (χ2v) is 7.09. The zero-order valence-corrected chi connectivity index (χ0v) is 14.5. The van der Waals surface area contributed by atoms with Gasteiger partial charge in [0.05, 0.1) is 13.0 Å². The number of rotatable bonds is 7. The van der Waals surface area contributed by atoms with Gasteiger partial charge in [0.2, 0.25) is 0 Å². The Balaban J connectivity index is 2.74. The highest BCUT2D eigenvalue weighted by Crippen LogP contribution is 2.29. The van der Waals surface area contributed by atoms with Gasteiger partial charge in [-0.3, -0.25) is 4.79 Å². The molecule has 0 bridgehead atoms. The first-order valence-corrected chi connectivity index (χ1v) is 7.91. The predicted octanol–water partition coefficient (Wildman–Crippen LogP) is 3.74. The summed E-state index contributed by atoms with van der Waals surface area (Å²) in [6, 6.07) is 7.97. The van der Waals surface area contributed by atoms with Crippen molar-refractivity contribution in [2.75, 3.05) is 13.7 Å². The van der Waals surface area contributed by atoms with Gasteiger partial charge in [-0.15, -0.1) is 0 Å². The molecular formula is C16H23IO3. The maximum absolute atomic E-state index is 12.0. The first-order chi connectivity index (χ1) is 9.39. The monoisotopic (exact) mass is 390 g/mol. The maximum atomic E-state index is 12.0. The Kier molecular flexibility index (Phi) is 6.95. The Labute approximate surface area is 134 Å². The Morgan fingerprint density at radius 3 is 2.70 bits per heavy atom. The SMILES string of the molecule is COC(=O)C(CCCC(C)(C)CO)c1cccc(I)c1. The van der Waals surface area contributed by atoms with Crippen LogP contribution in [0.3, 0.4) is 0 Å². The van der Waals surface area contributed by atoms with E-state index in [4.69, 9.17) is 4.74 Å². The van der Waals surface area contributed by atoms with Gasteiger partial charge in [0, 0.05) is 10.2 Å². The van der Waals surface area contributed by atoms with Gasteiger partial charge in [-0.05, 0) is 58.5 Å². The van der Waals surface area contributed by atoms with Crippen LogP contribution in [0.5, 0.6) is 0 Å². The number of halogens is 1. The Morgan fingerprint density at radius 1 is 1.45 bits per heavy atom. The highest BCUT2D eigenvalue weighted by Gasteiger charge is 2.23. The Bertz CT molecular complexity index is 443. The lowest BCUT2D eigenvalue weighted by atomic mass is 9.85. The molecule has 1 aromatic rings. The van der Waals surface area contributed by atoms with Crippen molar-refractivity contribution in [3.63, 3.8) is 0 Å². The van der Waals surface area contributed by atoms with Crippen LogP contribution in [0.4, 0.5) is 0 Å². The molecule has 0 aliphatic heterocycles. The molecule has 20 heavy (non-hydrogen) atoms. The fourth-order valence-corrected chi connectivity index (χ4v) is 2.72. The third kappa shape index (κ3) is 5.40. The van der Waals surface area contributed by atoms with Crippen molar-refractivity contribution in [3.05, 3.63) is 33.4 Å². The molecule has 3 nitrogen and oxygen atoms in total. The van der Waals surface area contributed by atoms with E-state index < -0.39 is 0 Å². The maximum Gasteiger partial charge on any atom is 0.313 e. The number of benzene rings is 1. The average molecular weight is 390 g/mol. The molecule has 0 saturated heterocycles. The van der Waals surface area contributed by atoms with Crippen LogP contribution in [0, 0.1) is 8.99 Å². The Hall–Kier alpha value is -0.620. The molecule has 0 aliphatic rings. The molecule has 0 radical (unpaired) electrons. The van der Waals surface area contributed by atoms with Crippen molar-refractivity contribution in [3.8, 4) is 0 Å². The lowest BCUT2D eigenvalue weighted by molar-refractivity contribution is -0.142. The standard InChI is InChI=1S/C16H23IO3/c1-16(2,11-18)9-5-8-14(15(19)20-3)12-6-4-7-13(17)10-12/h4,6-7,10,14,18H,5,8-9,11H2,1-3H3. The van der Waals surface area contributed by atoms with Crippen LogP contribution in [0.15, 0.2) is 24.3 Å². The molecule has 112 valence electrons. The summed E-state index contributed by atoms with van der Waals surface area (Å²) < 4.78 is 6.04. The summed E-state index contributed by atoms with van der Waals surface area (Å²) >= 11 is 2.25. The van der Waals surface area contributed by atoms with E-state index in [0.717, 1.165) is 28.4 Å². The van der Waals surface area contributed by atoms with Crippen molar-refractivity contribution in [1.82, 2.24) is 0 Å². The summed E-state index contributed by atoms with van der Waals surface area (Å²) in [6.45, 7) is 4.23. The van der Waals surface area contributed by atoms with E-state index >= 15 is 0 Å². The molecule has 1 aromatic carbocycles. The fraction of sp³-hybridized carbons (Fsp3) is 0.562. The van der Waals surface area contributed by atoms with Gasteiger partial charge < -0.3 is 9.84 Å². The first-order valence-electron chi connectivity index (χ1n) is 6.84. The van der Waals surface area contributed by atoms with E-state index in [0.29, 0.717) is 0 Å². The van der Waals surface area contributed by atoms with Gasteiger partial charge in [-0.25, -0.2) is 0 Å². The van der Waals surface area contributed by atoms with E-state index in [1.165, 1.54) is 7.11 Å². The first kappa shape index (κ1) is 17.4. The summed E-state index contributed by atoms with van der Waals surface area (Å²) in [7, 11) is 1.43. The normalized spacial score (nSPS) is 13.1. The molecule has 1 N–H and O–H groups in total. The Morgan fingerprint density at radius 2 is 2.15 bits per heavy atom. The summed E-state index contributed by atoms with van der Waals surface area (Å²) in [5, 5.41) is 9.28. The molecule has 1 atom stereocenters. The van der Waals surface area contributed by atoms with Gasteiger partial charge in [0.25, 0.3) is 0 Å². The van der Waals surface area contributed by atoms with Crippen LogP contribution in [0.1, 0.15) is 44.6 Å². The van der Waals surface area contributed by atoms with E-state index in [1.807, 2.05) is 38.1 Å². The van der Waals surface area contributed by atoms with Gasteiger partial charge in [-0.1, -0.05) is 32.4 Å². The number of carbonyl (C=O) groups is 1. The van der Waals surface area contributed by atoms with Crippen molar-refractivity contribution >= 4 is 28.6 Å². The van der Waals surface area contributed by atoms with E-state index in [1.54, 1.807) is 0 Å². The predicted molar refractivity (Wildman–Crippen MR) is 88.6 cm³/mol. The zero-order chi connectivity index (χ0) is 15.2. The lowest BCUT2D eigenvalue weighted by Gasteiger charge is -2.22. The molecule has 0 aromatic heterocycles. The van der Waals surface area contributed by atoms with Crippen LogP contribution in [0.2, 0.25) is 0 Å². The van der Waals surface area contributed by atoms with Crippen LogP contribution in [-0.2, 0) is 9.53 Å². The number of aliphatic hydroxyl groups excluding tert-OH is 1. The number of hydrogen-bond acceptors (Lipinski definition) is 3. The fourth-order valence-electron chi connectivity index (χ4n) is 2.15. The number of esters is 1. The largest absolute Gasteiger partial charge is 0.469 e. The molecule has 1 unspecified atom stereocenters. The molecular weight excluding hydrogens is 367 g/mol. The van der Waals surface area contributed by atoms with E-state index in [2.05, 4.69) is 22.6 Å². The number of aliphatic hydroxyl groups is 1. The molecule has 0 heterocycles. The molecule has 0 saturated carbocycles. The molecule has 0 fully saturated rings. The van der Waals surface area contributed by atoms with E-state index in [9.17, 15) is 9.90 Å². The number of hydrogen-bond donors (Lipinski definition) is 1. The second-order valence-electron chi connectivity index (χ2n) is 5.85. The van der Waals surface area contributed by atoms with Crippen molar-refractivity contribution in [1.29, 1.82) is 0 Å². The van der Waals surface area contributed by atoms with Gasteiger partial charge in [-0.2, -0.15) is 0 Å². The summed E-state index contributed by atoms with van der Waals surface area (Å²) in [5.74, 6) is -0.405. The third-order valence-electron chi connectivity index (χ3n) is 3.51. The minimum absolute atomic E-state index is 0.0915. The highest BCUT2D eigenvalue weighted by molar-refractivity contribution is 14.1. The topological polar surface area (TPSA) is 46.5 Å². The molecule has 1 rings (SSSR count). The van der Waals surface area contributed by atoms with Gasteiger partial charge in [0.1, 0.15) is 0 Å². The van der Waals surface area contributed by atoms with Crippen LogP contribution < -0.4 is 0 Å². The number of ether oxygens (including phenoxy) is 1. The van der Waals surface area contributed by atoms with Crippen LogP contribution >= 0.6 is 22.6 Å². The van der Waals surface area contributed by atoms with Crippen LogP contribution in [0.25, 0.3) is 0 Å². The smallest absolute Gasteiger partial charge is 0.313 e. The van der Waals surface area contributed by atoms with E-state index in [-0.39, 0.29) is 23.9 Å². The van der Waals surface area contributed by atoms with Crippen molar-refractivity contribution < 1.29 is 14.6 Å².